The van der Waals surface area contributed by atoms with Crippen molar-refractivity contribution in [3.63, 3.8) is 0 Å². The topological polar surface area (TPSA) is 163 Å². The van der Waals surface area contributed by atoms with Crippen molar-refractivity contribution in [3.05, 3.63) is 34.5 Å². The van der Waals surface area contributed by atoms with Crippen molar-refractivity contribution in [2.24, 2.45) is 5.16 Å². The standard InChI is InChI=1S/C21H25N5O7S2/c1-5-6-7-12-8-34-19-15(24-17(28)14(25-31-4)13-9-35-21(22)23-13)18(29)26(19)16(12)20(30)33-11(3)32-10(2)27/h6-7,9,11,15,19H,5,8H2,1-4H3,(H2,22,23)(H,24,28)/b7-6-,25-14-/t11?,15-,19-/m1/s1. The van der Waals surface area contributed by atoms with Crippen LogP contribution in [0, 0.1) is 0 Å². The van der Waals surface area contributed by atoms with E-state index in [0.717, 1.165) is 17.8 Å². The van der Waals surface area contributed by atoms with Gasteiger partial charge in [0.15, 0.2) is 10.8 Å². The molecule has 1 saturated heterocycles. The van der Waals surface area contributed by atoms with Crippen LogP contribution in [0.4, 0.5) is 5.13 Å². The van der Waals surface area contributed by atoms with Gasteiger partial charge in [0.2, 0.25) is 6.29 Å². The highest BCUT2D eigenvalue weighted by atomic mass is 32.2. The first kappa shape index (κ1) is 26.2. The van der Waals surface area contributed by atoms with Crippen molar-refractivity contribution in [2.75, 3.05) is 18.6 Å². The number of amides is 2. The average molecular weight is 524 g/mol. The lowest BCUT2D eigenvalue weighted by Gasteiger charge is -2.49. The minimum Gasteiger partial charge on any atom is -0.426 e. The predicted octanol–water partition coefficient (Wildman–Crippen LogP) is 1.15. The van der Waals surface area contributed by atoms with Crippen LogP contribution >= 0.6 is 23.1 Å². The number of nitrogens with zero attached hydrogens (tertiary/aromatic N) is 3. The van der Waals surface area contributed by atoms with Gasteiger partial charge in [-0.2, -0.15) is 0 Å². The highest BCUT2D eigenvalue weighted by Gasteiger charge is 2.54. The van der Waals surface area contributed by atoms with Crippen molar-refractivity contribution in [1.29, 1.82) is 0 Å². The number of rotatable bonds is 9. The molecule has 12 nitrogen and oxygen atoms in total. The number of oxime groups is 1. The second-order valence-electron chi connectivity index (χ2n) is 7.32. The first-order valence-corrected chi connectivity index (χ1v) is 12.5. The molecule has 0 saturated carbocycles. The Bertz CT molecular complexity index is 1110. The zero-order valence-electron chi connectivity index (χ0n) is 19.5. The van der Waals surface area contributed by atoms with Crippen molar-refractivity contribution < 1.29 is 33.5 Å². The Hall–Kier alpha value is -3.39. The Morgan fingerprint density at radius 3 is 2.74 bits per heavy atom. The summed E-state index contributed by atoms with van der Waals surface area (Å²) in [6.45, 7) is 4.53. The molecule has 3 heterocycles. The molecule has 1 fully saturated rings. The maximum absolute atomic E-state index is 13.1. The Labute approximate surface area is 209 Å². The normalized spacial score (nSPS) is 20.7. The molecule has 0 aliphatic carbocycles. The van der Waals surface area contributed by atoms with E-state index in [1.807, 2.05) is 13.0 Å². The molecule has 3 rings (SSSR count). The molecule has 0 bridgehead atoms. The summed E-state index contributed by atoms with van der Waals surface area (Å²) in [5.41, 5.74) is 6.36. The van der Waals surface area contributed by atoms with E-state index in [-0.39, 0.29) is 22.2 Å². The van der Waals surface area contributed by atoms with Gasteiger partial charge in [-0.25, -0.2) is 9.78 Å². The number of ether oxygens (including phenoxy) is 2. The smallest absolute Gasteiger partial charge is 0.358 e. The minimum atomic E-state index is -1.14. The lowest BCUT2D eigenvalue weighted by atomic mass is 10.0. The number of anilines is 1. The van der Waals surface area contributed by atoms with E-state index < -0.39 is 41.5 Å². The number of hydrogen-bond acceptors (Lipinski definition) is 12. The Kier molecular flexibility index (Phi) is 8.51. The van der Waals surface area contributed by atoms with Crippen LogP contribution in [-0.4, -0.2) is 69.9 Å². The van der Waals surface area contributed by atoms with Crippen LogP contribution in [0.1, 0.15) is 32.9 Å². The van der Waals surface area contributed by atoms with E-state index in [1.54, 1.807) is 11.5 Å². The Balaban J connectivity index is 1.81. The zero-order chi connectivity index (χ0) is 25.7. The number of nitrogen functional groups attached to an aromatic ring is 1. The van der Waals surface area contributed by atoms with Crippen molar-refractivity contribution in [2.45, 2.75) is 44.9 Å². The summed E-state index contributed by atoms with van der Waals surface area (Å²) in [7, 11) is 1.28. The van der Waals surface area contributed by atoms with Crippen LogP contribution < -0.4 is 11.1 Å². The number of allylic oxidation sites excluding steroid dienone is 2. The molecule has 14 heteroatoms. The van der Waals surface area contributed by atoms with E-state index in [1.165, 1.54) is 37.6 Å². The summed E-state index contributed by atoms with van der Waals surface area (Å²) >= 11 is 2.51. The molecule has 1 unspecified atom stereocenters. The highest BCUT2D eigenvalue weighted by molar-refractivity contribution is 8.00. The van der Waals surface area contributed by atoms with E-state index in [0.29, 0.717) is 11.3 Å². The second kappa shape index (κ2) is 11.4. The van der Waals surface area contributed by atoms with Crippen LogP contribution in [0.25, 0.3) is 0 Å². The van der Waals surface area contributed by atoms with Gasteiger partial charge in [0.1, 0.15) is 29.9 Å². The number of nitrogens with one attached hydrogen (secondary N) is 1. The van der Waals surface area contributed by atoms with Gasteiger partial charge in [0.25, 0.3) is 11.8 Å². The lowest BCUT2D eigenvalue weighted by molar-refractivity contribution is -0.182. The van der Waals surface area contributed by atoms with Gasteiger partial charge in [0.05, 0.1) is 0 Å². The molecule has 188 valence electrons. The van der Waals surface area contributed by atoms with E-state index in [4.69, 9.17) is 20.0 Å². The molecule has 35 heavy (non-hydrogen) atoms. The molecular weight excluding hydrogens is 498 g/mol. The molecule has 3 N–H and O–H groups in total. The van der Waals surface area contributed by atoms with Gasteiger partial charge in [-0.3, -0.25) is 19.3 Å². The Morgan fingerprint density at radius 2 is 2.14 bits per heavy atom. The van der Waals surface area contributed by atoms with E-state index in [9.17, 15) is 19.2 Å². The van der Waals surface area contributed by atoms with Crippen LogP contribution in [0.15, 0.2) is 34.0 Å². The van der Waals surface area contributed by atoms with Crippen LogP contribution in [-0.2, 0) is 33.5 Å². The summed E-state index contributed by atoms with van der Waals surface area (Å²) in [4.78, 5) is 60.2. The van der Waals surface area contributed by atoms with Crippen molar-refractivity contribution >= 4 is 57.7 Å². The number of aromatic nitrogens is 1. The number of carbonyl (C=O) groups excluding carboxylic acids is 4. The van der Waals surface area contributed by atoms with Crippen LogP contribution in [0.5, 0.6) is 0 Å². The monoisotopic (exact) mass is 523 g/mol. The molecule has 1 aromatic rings. The van der Waals surface area contributed by atoms with E-state index >= 15 is 0 Å². The minimum absolute atomic E-state index is 0.0472. The number of esters is 2. The fraction of sp³-hybridized carbons (Fsp3) is 0.429. The molecule has 2 aliphatic heterocycles. The van der Waals surface area contributed by atoms with Gasteiger partial charge in [-0.05, 0) is 12.0 Å². The van der Waals surface area contributed by atoms with Crippen molar-refractivity contribution in [1.82, 2.24) is 15.2 Å². The summed E-state index contributed by atoms with van der Waals surface area (Å²) in [6.07, 6.45) is 3.20. The van der Waals surface area contributed by atoms with Crippen LogP contribution in [0.3, 0.4) is 0 Å². The largest absolute Gasteiger partial charge is 0.426 e. The molecule has 0 spiro atoms. The second-order valence-corrected chi connectivity index (χ2v) is 9.32. The lowest BCUT2D eigenvalue weighted by Crippen LogP contribution is -2.71. The molecule has 1 aromatic heterocycles. The number of carbonyl (C=O) groups is 4. The maximum Gasteiger partial charge on any atom is 0.358 e. The number of nitrogens with two attached hydrogens (primary N) is 1. The summed E-state index contributed by atoms with van der Waals surface area (Å²) in [5, 5.41) is 7.60. The predicted molar refractivity (Wildman–Crippen MR) is 129 cm³/mol. The fourth-order valence-electron chi connectivity index (χ4n) is 3.39. The van der Waals surface area contributed by atoms with Gasteiger partial charge >= 0.3 is 11.9 Å². The van der Waals surface area contributed by atoms with E-state index in [2.05, 4.69) is 15.5 Å². The van der Waals surface area contributed by atoms with Gasteiger partial charge < -0.3 is 25.4 Å². The molecule has 2 amide bonds. The number of hydrogen-bond donors (Lipinski definition) is 2. The quantitative estimate of drug-likeness (QED) is 0.158. The third-order valence-corrected chi connectivity index (χ3v) is 6.78. The first-order chi connectivity index (χ1) is 16.7. The number of fused-ring (bicyclic) bond motifs is 1. The molecular formula is C21H25N5O7S2. The summed E-state index contributed by atoms with van der Waals surface area (Å²) < 4.78 is 10.1. The third-order valence-electron chi connectivity index (χ3n) is 4.80. The third kappa shape index (κ3) is 5.82. The molecule has 0 aromatic carbocycles. The zero-order valence-corrected chi connectivity index (χ0v) is 21.1. The Morgan fingerprint density at radius 1 is 1.40 bits per heavy atom. The van der Waals surface area contributed by atoms with Gasteiger partial charge in [-0.1, -0.05) is 24.2 Å². The number of thioether (sulfide) groups is 1. The number of β-lactam (4-membered cyclic amide) rings is 1. The molecule has 3 atom stereocenters. The number of thiazole rings is 1. The maximum atomic E-state index is 13.1. The molecule has 0 radical (unpaired) electrons. The molecule has 2 aliphatic rings. The van der Waals surface area contributed by atoms with Gasteiger partial charge in [-0.15, -0.1) is 23.1 Å². The first-order valence-electron chi connectivity index (χ1n) is 10.5. The summed E-state index contributed by atoms with van der Waals surface area (Å²) in [5.74, 6) is -2.20. The SMILES string of the molecule is CC/C=C\C1=C(C(=O)OC(C)OC(C)=O)N2C(=O)[C@@H](NC(=O)/C(=N\OC)c3csc(N)n3)[C@H]2SC1. The van der Waals surface area contributed by atoms with Gasteiger partial charge in [0, 0.05) is 25.0 Å². The fourth-order valence-corrected chi connectivity index (χ4v) is 5.25. The summed E-state index contributed by atoms with van der Waals surface area (Å²) in [6, 6.07) is -0.920. The van der Waals surface area contributed by atoms with Crippen molar-refractivity contribution in [3.8, 4) is 0 Å². The highest BCUT2D eigenvalue weighted by Crippen LogP contribution is 2.41. The van der Waals surface area contributed by atoms with Crippen LogP contribution in [0.2, 0.25) is 0 Å². The average Bonchev–Trinajstić information content (AvgIpc) is 3.23.